The molecule has 5 heteroatoms. The first-order chi connectivity index (χ1) is 7.79. The molecular weight excluding hydrogens is 208 g/mol. The summed E-state index contributed by atoms with van der Waals surface area (Å²) in [6, 6.07) is 0. The maximum atomic E-state index is 11.7. The van der Waals surface area contributed by atoms with Crippen LogP contribution in [0, 0.1) is 0 Å². The topological polar surface area (TPSA) is 61.3 Å². The summed E-state index contributed by atoms with van der Waals surface area (Å²) in [5.41, 5.74) is 0.293. The molecule has 0 fully saturated rings. The van der Waals surface area contributed by atoms with Gasteiger partial charge in [-0.3, -0.25) is 4.79 Å². The Morgan fingerprint density at radius 2 is 2.12 bits per heavy atom. The van der Waals surface area contributed by atoms with Crippen LogP contribution in [0.25, 0.3) is 0 Å². The lowest BCUT2D eigenvalue weighted by Gasteiger charge is -2.04. The maximum Gasteiger partial charge on any atom is 0.243 e. The van der Waals surface area contributed by atoms with Crippen LogP contribution in [0.4, 0.5) is 0 Å². The van der Waals surface area contributed by atoms with Crippen molar-refractivity contribution in [3.8, 4) is 5.88 Å². The van der Waals surface area contributed by atoms with Gasteiger partial charge in [0.15, 0.2) is 11.5 Å². The number of hydrogen-bond acceptors (Lipinski definition) is 5. The highest BCUT2D eigenvalue weighted by atomic mass is 16.5. The first kappa shape index (κ1) is 12.6. The van der Waals surface area contributed by atoms with Gasteiger partial charge in [-0.05, 0) is 13.3 Å². The fraction of sp³-hybridized carbons (Fsp3) is 0.545. The summed E-state index contributed by atoms with van der Waals surface area (Å²) in [5.74, 6) is 0.216. The van der Waals surface area contributed by atoms with E-state index < -0.39 is 0 Å². The predicted octanol–water partition coefficient (Wildman–Crippen LogP) is 1.48. The van der Waals surface area contributed by atoms with E-state index in [1.807, 2.05) is 6.92 Å². The molecule has 5 nitrogen and oxygen atoms in total. The number of Topliss-reactive ketones (excluding diaryl/α,β-unsaturated/α-hetero) is 1. The van der Waals surface area contributed by atoms with Crippen LogP contribution in [0.3, 0.4) is 0 Å². The number of ether oxygens (including phenoxy) is 2. The van der Waals surface area contributed by atoms with E-state index >= 15 is 0 Å². The number of methoxy groups -OCH3 is 1. The smallest absolute Gasteiger partial charge is 0.243 e. The molecule has 1 aromatic rings. The van der Waals surface area contributed by atoms with Crippen molar-refractivity contribution in [2.75, 3.05) is 20.3 Å². The Morgan fingerprint density at radius 1 is 1.38 bits per heavy atom. The second-order valence-corrected chi connectivity index (χ2v) is 3.14. The predicted molar refractivity (Wildman–Crippen MR) is 58.6 cm³/mol. The molecule has 0 radical (unpaired) electrons. The van der Waals surface area contributed by atoms with Crippen molar-refractivity contribution in [1.82, 2.24) is 9.97 Å². The van der Waals surface area contributed by atoms with E-state index in [1.165, 1.54) is 19.5 Å². The van der Waals surface area contributed by atoms with Gasteiger partial charge in [-0.2, -0.15) is 0 Å². The Kier molecular flexibility index (Phi) is 5.42. The zero-order valence-corrected chi connectivity index (χ0v) is 9.60. The SMILES string of the molecule is CCOCCCC(=O)c1nccnc1OC. The summed E-state index contributed by atoms with van der Waals surface area (Å²) >= 11 is 0. The summed E-state index contributed by atoms with van der Waals surface area (Å²) in [5, 5.41) is 0. The molecule has 0 saturated heterocycles. The van der Waals surface area contributed by atoms with Crippen molar-refractivity contribution < 1.29 is 14.3 Å². The van der Waals surface area contributed by atoms with Gasteiger partial charge in [0.25, 0.3) is 0 Å². The molecule has 0 aliphatic carbocycles. The lowest BCUT2D eigenvalue weighted by atomic mass is 10.2. The molecule has 0 amide bonds. The van der Waals surface area contributed by atoms with Crippen LogP contribution in [0.1, 0.15) is 30.3 Å². The van der Waals surface area contributed by atoms with Gasteiger partial charge in [0, 0.05) is 32.0 Å². The zero-order valence-electron chi connectivity index (χ0n) is 9.60. The maximum absolute atomic E-state index is 11.7. The molecule has 0 saturated carbocycles. The fourth-order valence-electron chi connectivity index (χ4n) is 1.26. The second kappa shape index (κ2) is 6.90. The highest BCUT2D eigenvalue weighted by molar-refractivity contribution is 5.96. The van der Waals surface area contributed by atoms with Crippen LogP contribution in [0.2, 0.25) is 0 Å². The van der Waals surface area contributed by atoms with E-state index in [4.69, 9.17) is 9.47 Å². The van der Waals surface area contributed by atoms with Crippen molar-refractivity contribution >= 4 is 5.78 Å². The monoisotopic (exact) mass is 224 g/mol. The third kappa shape index (κ3) is 3.58. The molecule has 1 rings (SSSR count). The lowest BCUT2D eigenvalue weighted by molar-refractivity contribution is 0.0938. The highest BCUT2D eigenvalue weighted by Gasteiger charge is 2.13. The van der Waals surface area contributed by atoms with E-state index in [1.54, 1.807) is 0 Å². The van der Waals surface area contributed by atoms with Gasteiger partial charge in [0.1, 0.15) is 0 Å². The highest BCUT2D eigenvalue weighted by Crippen LogP contribution is 2.13. The van der Waals surface area contributed by atoms with Gasteiger partial charge in [0.2, 0.25) is 5.88 Å². The fourth-order valence-corrected chi connectivity index (χ4v) is 1.26. The van der Waals surface area contributed by atoms with Gasteiger partial charge in [-0.1, -0.05) is 0 Å². The van der Waals surface area contributed by atoms with Crippen LogP contribution in [-0.4, -0.2) is 36.1 Å². The molecular formula is C11H16N2O3. The third-order valence-corrected chi connectivity index (χ3v) is 2.02. The molecule has 0 N–H and O–H groups in total. The van der Waals surface area contributed by atoms with Crippen LogP contribution in [-0.2, 0) is 4.74 Å². The van der Waals surface area contributed by atoms with E-state index in [9.17, 15) is 4.79 Å². The van der Waals surface area contributed by atoms with E-state index in [0.717, 1.165) is 0 Å². The number of aromatic nitrogens is 2. The van der Waals surface area contributed by atoms with Crippen LogP contribution in [0.5, 0.6) is 5.88 Å². The minimum absolute atomic E-state index is 0.0651. The van der Waals surface area contributed by atoms with Crippen molar-refractivity contribution in [2.45, 2.75) is 19.8 Å². The molecule has 0 aromatic carbocycles. The molecule has 0 spiro atoms. The summed E-state index contributed by atoms with van der Waals surface area (Å²) < 4.78 is 10.1. The first-order valence-electron chi connectivity index (χ1n) is 5.25. The number of rotatable bonds is 7. The number of nitrogens with zero attached hydrogens (tertiary/aromatic N) is 2. The molecule has 88 valence electrons. The summed E-state index contributed by atoms with van der Waals surface area (Å²) in [7, 11) is 1.47. The minimum Gasteiger partial charge on any atom is -0.479 e. The van der Waals surface area contributed by atoms with Gasteiger partial charge >= 0.3 is 0 Å². The van der Waals surface area contributed by atoms with E-state index in [2.05, 4.69) is 9.97 Å². The molecule has 0 unspecified atom stereocenters. The van der Waals surface area contributed by atoms with Crippen LogP contribution in [0.15, 0.2) is 12.4 Å². The Morgan fingerprint density at radius 3 is 2.81 bits per heavy atom. The molecule has 0 aliphatic heterocycles. The quantitative estimate of drug-likeness (QED) is 0.518. The summed E-state index contributed by atoms with van der Waals surface area (Å²) in [6.07, 6.45) is 4.07. The first-order valence-corrected chi connectivity index (χ1v) is 5.25. The Labute approximate surface area is 94.8 Å². The molecule has 1 aromatic heterocycles. The van der Waals surface area contributed by atoms with Crippen molar-refractivity contribution in [3.63, 3.8) is 0 Å². The molecule has 0 bridgehead atoms. The Hall–Kier alpha value is -1.49. The number of carbonyl (C=O) groups is 1. The minimum atomic E-state index is -0.0651. The largest absolute Gasteiger partial charge is 0.479 e. The van der Waals surface area contributed by atoms with Crippen molar-refractivity contribution in [3.05, 3.63) is 18.1 Å². The van der Waals surface area contributed by atoms with E-state index in [-0.39, 0.29) is 11.7 Å². The van der Waals surface area contributed by atoms with Crippen LogP contribution >= 0.6 is 0 Å². The van der Waals surface area contributed by atoms with Crippen molar-refractivity contribution in [2.24, 2.45) is 0 Å². The number of ketones is 1. The Bertz CT molecular complexity index is 342. The molecule has 0 aliphatic rings. The molecule has 16 heavy (non-hydrogen) atoms. The standard InChI is InChI=1S/C11H16N2O3/c1-3-16-8-4-5-9(14)10-11(15-2)13-7-6-12-10/h6-7H,3-5,8H2,1-2H3. The second-order valence-electron chi connectivity index (χ2n) is 3.14. The van der Waals surface area contributed by atoms with Crippen molar-refractivity contribution in [1.29, 1.82) is 0 Å². The average molecular weight is 224 g/mol. The molecule has 1 heterocycles. The van der Waals surface area contributed by atoms with Crippen LogP contribution < -0.4 is 4.74 Å². The number of hydrogen-bond donors (Lipinski definition) is 0. The normalized spacial score (nSPS) is 10.1. The Balaban J connectivity index is 2.52. The number of carbonyl (C=O) groups excluding carboxylic acids is 1. The van der Waals surface area contributed by atoms with Gasteiger partial charge < -0.3 is 9.47 Å². The lowest BCUT2D eigenvalue weighted by Crippen LogP contribution is -2.07. The molecule has 0 atom stereocenters. The van der Waals surface area contributed by atoms with E-state index in [0.29, 0.717) is 31.7 Å². The van der Waals surface area contributed by atoms with Gasteiger partial charge in [-0.15, -0.1) is 0 Å². The average Bonchev–Trinajstić information content (AvgIpc) is 2.34. The summed E-state index contributed by atoms with van der Waals surface area (Å²) in [4.78, 5) is 19.6. The zero-order chi connectivity index (χ0) is 11.8. The van der Waals surface area contributed by atoms with Gasteiger partial charge in [-0.25, -0.2) is 9.97 Å². The van der Waals surface area contributed by atoms with Gasteiger partial charge in [0.05, 0.1) is 7.11 Å². The third-order valence-electron chi connectivity index (χ3n) is 2.02. The summed E-state index contributed by atoms with van der Waals surface area (Å²) in [6.45, 7) is 3.18.